The number of benzene rings is 1. The number of methoxy groups -OCH3 is 1. The van der Waals surface area contributed by atoms with Gasteiger partial charge >= 0.3 is 0 Å². The second-order valence-electron chi connectivity index (χ2n) is 6.51. The maximum atomic E-state index is 12.4. The van der Waals surface area contributed by atoms with Crippen molar-refractivity contribution in [1.29, 1.82) is 0 Å². The van der Waals surface area contributed by atoms with Crippen molar-refractivity contribution in [2.45, 2.75) is 26.7 Å². The molecule has 0 saturated carbocycles. The lowest BCUT2D eigenvalue weighted by molar-refractivity contribution is -0.139. The third kappa shape index (κ3) is 4.87. The molecule has 1 saturated heterocycles. The second kappa shape index (κ2) is 8.38. The molecule has 1 aliphatic heterocycles. The van der Waals surface area contributed by atoms with E-state index in [1.165, 1.54) is 0 Å². The Morgan fingerprint density at radius 2 is 1.71 bits per heavy atom. The molecule has 5 nitrogen and oxygen atoms in total. The van der Waals surface area contributed by atoms with Gasteiger partial charge in [-0.2, -0.15) is 0 Å². The minimum Gasteiger partial charge on any atom is -0.495 e. The molecule has 0 spiro atoms. The molecule has 1 heterocycles. The maximum absolute atomic E-state index is 12.4. The van der Waals surface area contributed by atoms with Crippen LogP contribution in [-0.4, -0.2) is 54.9 Å². The summed E-state index contributed by atoms with van der Waals surface area (Å²) in [4.78, 5) is 28.2. The Bertz CT molecular complexity index is 596. The Morgan fingerprint density at radius 3 is 2.21 bits per heavy atom. The first-order valence-corrected chi connectivity index (χ1v) is 8.66. The highest BCUT2D eigenvalue weighted by Crippen LogP contribution is 2.25. The molecule has 0 atom stereocenters. The minimum absolute atomic E-state index is 0.0622. The SMILES string of the molecule is COc1ccc(CC(=O)N2CCN(C(=O)CC(C)C)CC2)cc1Cl. The maximum Gasteiger partial charge on any atom is 0.227 e. The summed E-state index contributed by atoms with van der Waals surface area (Å²) in [5, 5.41) is 0.506. The second-order valence-corrected chi connectivity index (χ2v) is 6.91. The van der Waals surface area contributed by atoms with Crippen LogP contribution in [-0.2, 0) is 16.0 Å². The van der Waals surface area contributed by atoms with E-state index in [2.05, 4.69) is 0 Å². The van der Waals surface area contributed by atoms with E-state index < -0.39 is 0 Å². The number of ether oxygens (including phenoxy) is 1. The topological polar surface area (TPSA) is 49.9 Å². The number of rotatable bonds is 5. The third-order valence-corrected chi connectivity index (χ3v) is 4.43. The molecule has 1 aliphatic rings. The molecule has 24 heavy (non-hydrogen) atoms. The van der Waals surface area contributed by atoms with Crippen LogP contribution in [0.3, 0.4) is 0 Å². The monoisotopic (exact) mass is 352 g/mol. The van der Waals surface area contributed by atoms with Gasteiger partial charge in [-0.05, 0) is 23.6 Å². The lowest BCUT2D eigenvalue weighted by atomic mass is 10.1. The number of nitrogens with zero attached hydrogens (tertiary/aromatic N) is 2. The summed E-state index contributed by atoms with van der Waals surface area (Å²) in [7, 11) is 1.56. The quantitative estimate of drug-likeness (QED) is 0.818. The summed E-state index contributed by atoms with van der Waals surface area (Å²) >= 11 is 6.10. The fraction of sp³-hybridized carbons (Fsp3) is 0.556. The molecule has 0 aliphatic carbocycles. The fourth-order valence-corrected chi connectivity index (χ4v) is 3.07. The molecule has 132 valence electrons. The Hall–Kier alpha value is -1.75. The van der Waals surface area contributed by atoms with Crippen molar-refractivity contribution >= 4 is 23.4 Å². The van der Waals surface area contributed by atoms with Crippen molar-refractivity contribution in [2.24, 2.45) is 5.92 Å². The summed E-state index contributed by atoms with van der Waals surface area (Å²) in [5.74, 6) is 1.20. The molecule has 2 amide bonds. The number of halogens is 1. The largest absolute Gasteiger partial charge is 0.495 e. The van der Waals surface area contributed by atoms with Gasteiger partial charge in [-0.15, -0.1) is 0 Å². The molecule has 2 rings (SSSR count). The Balaban J connectivity index is 1.86. The number of hydrogen-bond acceptors (Lipinski definition) is 3. The van der Waals surface area contributed by atoms with Gasteiger partial charge in [-0.3, -0.25) is 9.59 Å². The van der Waals surface area contributed by atoms with Crippen molar-refractivity contribution < 1.29 is 14.3 Å². The predicted octanol–water partition coefficient (Wildman–Crippen LogP) is 2.61. The molecule has 0 bridgehead atoms. The van der Waals surface area contributed by atoms with E-state index in [9.17, 15) is 9.59 Å². The summed E-state index contributed by atoms with van der Waals surface area (Å²) in [6.07, 6.45) is 0.877. The summed E-state index contributed by atoms with van der Waals surface area (Å²) in [6.45, 7) is 6.48. The Labute approximate surface area is 148 Å². The van der Waals surface area contributed by atoms with Gasteiger partial charge in [0.2, 0.25) is 11.8 Å². The molecule has 0 unspecified atom stereocenters. The molecular weight excluding hydrogens is 328 g/mol. The smallest absolute Gasteiger partial charge is 0.227 e. The first-order valence-electron chi connectivity index (χ1n) is 8.28. The molecule has 0 radical (unpaired) electrons. The summed E-state index contributed by atoms with van der Waals surface area (Å²) in [5.41, 5.74) is 0.865. The van der Waals surface area contributed by atoms with E-state index in [4.69, 9.17) is 16.3 Å². The van der Waals surface area contributed by atoms with Crippen molar-refractivity contribution in [3.63, 3.8) is 0 Å². The third-order valence-electron chi connectivity index (χ3n) is 4.14. The first-order chi connectivity index (χ1) is 11.4. The van der Waals surface area contributed by atoms with Gasteiger partial charge < -0.3 is 14.5 Å². The van der Waals surface area contributed by atoms with Crippen LogP contribution in [0, 0.1) is 5.92 Å². The number of carbonyl (C=O) groups is 2. The van der Waals surface area contributed by atoms with E-state index >= 15 is 0 Å². The molecular formula is C18H25ClN2O3. The lowest BCUT2D eigenvalue weighted by Crippen LogP contribution is -2.51. The van der Waals surface area contributed by atoms with E-state index in [1.807, 2.05) is 29.7 Å². The van der Waals surface area contributed by atoms with Crippen LogP contribution in [0.15, 0.2) is 18.2 Å². The van der Waals surface area contributed by atoms with Gasteiger partial charge in [-0.1, -0.05) is 31.5 Å². The molecule has 0 N–H and O–H groups in total. The van der Waals surface area contributed by atoms with E-state index in [0.717, 1.165) is 5.56 Å². The van der Waals surface area contributed by atoms with Crippen LogP contribution >= 0.6 is 11.6 Å². The van der Waals surface area contributed by atoms with E-state index in [0.29, 0.717) is 55.7 Å². The predicted molar refractivity (Wildman–Crippen MR) is 94.3 cm³/mol. The van der Waals surface area contributed by atoms with Crippen molar-refractivity contribution in [3.05, 3.63) is 28.8 Å². The highest BCUT2D eigenvalue weighted by atomic mass is 35.5. The van der Waals surface area contributed by atoms with E-state index in [-0.39, 0.29) is 11.8 Å². The van der Waals surface area contributed by atoms with Crippen LogP contribution in [0.4, 0.5) is 0 Å². The number of hydrogen-bond donors (Lipinski definition) is 0. The molecule has 1 fully saturated rings. The number of piperazine rings is 1. The van der Waals surface area contributed by atoms with Gasteiger partial charge in [-0.25, -0.2) is 0 Å². The van der Waals surface area contributed by atoms with Crippen LogP contribution < -0.4 is 4.74 Å². The average Bonchev–Trinajstić information content (AvgIpc) is 2.54. The van der Waals surface area contributed by atoms with Crippen LogP contribution in [0.25, 0.3) is 0 Å². The zero-order chi connectivity index (χ0) is 17.7. The first kappa shape index (κ1) is 18.6. The minimum atomic E-state index is 0.0622. The number of carbonyl (C=O) groups excluding carboxylic acids is 2. The molecule has 1 aromatic carbocycles. The normalized spacial score (nSPS) is 14.9. The fourth-order valence-electron chi connectivity index (χ4n) is 2.79. The van der Waals surface area contributed by atoms with Gasteiger partial charge in [0, 0.05) is 32.6 Å². The summed E-state index contributed by atoms with van der Waals surface area (Å²) < 4.78 is 5.12. The highest BCUT2D eigenvalue weighted by Gasteiger charge is 2.24. The van der Waals surface area contributed by atoms with Gasteiger partial charge in [0.25, 0.3) is 0 Å². The Kier molecular flexibility index (Phi) is 6.49. The number of amides is 2. The molecule has 6 heteroatoms. The molecule has 1 aromatic rings. The average molecular weight is 353 g/mol. The van der Waals surface area contributed by atoms with Crippen LogP contribution in [0.2, 0.25) is 5.02 Å². The van der Waals surface area contributed by atoms with Crippen molar-refractivity contribution in [2.75, 3.05) is 33.3 Å². The molecule has 0 aromatic heterocycles. The zero-order valence-electron chi connectivity index (χ0n) is 14.5. The van der Waals surface area contributed by atoms with Gasteiger partial charge in [0.15, 0.2) is 0 Å². The Morgan fingerprint density at radius 1 is 1.12 bits per heavy atom. The van der Waals surface area contributed by atoms with Crippen molar-refractivity contribution in [1.82, 2.24) is 9.80 Å². The zero-order valence-corrected chi connectivity index (χ0v) is 15.3. The van der Waals surface area contributed by atoms with Crippen LogP contribution in [0.1, 0.15) is 25.8 Å². The van der Waals surface area contributed by atoms with Gasteiger partial charge in [0.1, 0.15) is 5.75 Å². The lowest BCUT2D eigenvalue weighted by Gasteiger charge is -2.35. The van der Waals surface area contributed by atoms with E-state index in [1.54, 1.807) is 19.2 Å². The van der Waals surface area contributed by atoms with Crippen LogP contribution in [0.5, 0.6) is 5.75 Å². The van der Waals surface area contributed by atoms with Gasteiger partial charge in [0.05, 0.1) is 18.6 Å². The summed E-state index contributed by atoms with van der Waals surface area (Å²) in [6, 6.07) is 5.39. The standard InChI is InChI=1S/C18H25ClN2O3/c1-13(2)10-17(22)20-6-8-21(9-7-20)18(23)12-14-4-5-16(24-3)15(19)11-14/h4-5,11,13H,6-10,12H2,1-3H3. The van der Waals surface area contributed by atoms with Crippen molar-refractivity contribution in [3.8, 4) is 5.75 Å². The highest BCUT2D eigenvalue weighted by molar-refractivity contribution is 6.32.